The fraction of sp³-hybridized carbons (Fsp3) is 0.300. The van der Waals surface area contributed by atoms with Crippen LogP contribution in [-0.4, -0.2) is 14.8 Å². The van der Waals surface area contributed by atoms with E-state index in [1.165, 1.54) is 16.7 Å². The first-order valence-electron chi connectivity index (χ1n) is 8.46. The van der Waals surface area contributed by atoms with Gasteiger partial charge in [0.25, 0.3) is 0 Å². The van der Waals surface area contributed by atoms with Crippen LogP contribution in [0.2, 0.25) is 0 Å². The third kappa shape index (κ3) is 4.42. The van der Waals surface area contributed by atoms with Gasteiger partial charge in [0.2, 0.25) is 0 Å². The molecule has 0 aliphatic heterocycles. The van der Waals surface area contributed by atoms with Gasteiger partial charge in [-0.2, -0.15) is 0 Å². The van der Waals surface area contributed by atoms with Crippen LogP contribution in [0.4, 0.5) is 0 Å². The van der Waals surface area contributed by atoms with Crippen molar-refractivity contribution in [1.29, 1.82) is 0 Å². The van der Waals surface area contributed by atoms with Crippen LogP contribution in [0.5, 0.6) is 5.75 Å². The highest BCUT2D eigenvalue weighted by Gasteiger charge is 2.12. The summed E-state index contributed by atoms with van der Waals surface area (Å²) in [4.78, 5) is 0. The third-order valence-electron chi connectivity index (χ3n) is 4.09. The van der Waals surface area contributed by atoms with Crippen LogP contribution >= 0.6 is 11.8 Å². The zero-order valence-electron chi connectivity index (χ0n) is 14.9. The van der Waals surface area contributed by atoms with Crippen LogP contribution in [0.15, 0.2) is 53.7 Å². The minimum atomic E-state index is 0.426. The van der Waals surface area contributed by atoms with Gasteiger partial charge in [-0.3, -0.25) is 0 Å². The molecule has 5 heteroatoms. The average molecular weight is 353 g/mol. The number of rotatable bonds is 7. The van der Waals surface area contributed by atoms with E-state index in [1.807, 2.05) is 18.2 Å². The van der Waals surface area contributed by atoms with Crippen molar-refractivity contribution >= 4 is 11.8 Å². The van der Waals surface area contributed by atoms with E-state index in [4.69, 9.17) is 4.74 Å². The van der Waals surface area contributed by atoms with Crippen molar-refractivity contribution in [2.45, 2.75) is 44.8 Å². The van der Waals surface area contributed by atoms with E-state index in [9.17, 15) is 0 Å². The predicted octanol–water partition coefficient (Wildman–Crippen LogP) is 4.79. The average Bonchev–Trinajstić information content (AvgIpc) is 3.01. The van der Waals surface area contributed by atoms with Crippen LogP contribution in [0, 0.1) is 13.8 Å². The zero-order chi connectivity index (χ0) is 17.6. The SMILES string of the molecule is CCn1c(COc2cccc(C)c2)nnc1SCc1ccccc1C. The Labute approximate surface area is 153 Å². The molecule has 0 spiro atoms. The second-order valence-electron chi connectivity index (χ2n) is 5.96. The van der Waals surface area contributed by atoms with Gasteiger partial charge in [-0.1, -0.05) is 48.2 Å². The Kier molecular flexibility index (Phi) is 5.76. The highest BCUT2D eigenvalue weighted by Crippen LogP contribution is 2.24. The Balaban J connectivity index is 1.67. The van der Waals surface area contributed by atoms with Crippen molar-refractivity contribution < 1.29 is 4.74 Å². The smallest absolute Gasteiger partial charge is 0.191 e. The van der Waals surface area contributed by atoms with Crippen molar-refractivity contribution in [3.05, 3.63) is 71.0 Å². The van der Waals surface area contributed by atoms with E-state index in [0.29, 0.717) is 6.61 Å². The molecule has 3 aromatic rings. The van der Waals surface area contributed by atoms with Gasteiger partial charge in [0, 0.05) is 12.3 Å². The van der Waals surface area contributed by atoms with E-state index >= 15 is 0 Å². The van der Waals surface area contributed by atoms with Crippen molar-refractivity contribution in [2.24, 2.45) is 0 Å². The van der Waals surface area contributed by atoms with Gasteiger partial charge in [0.1, 0.15) is 12.4 Å². The second kappa shape index (κ2) is 8.21. The number of ether oxygens (including phenoxy) is 1. The first kappa shape index (κ1) is 17.5. The van der Waals surface area contributed by atoms with Crippen LogP contribution in [-0.2, 0) is 18.9 Å². The number of hydrogen-bond acceptors (Lipinski definition) is 4. The molecule has 1 heterocycles. The monoisotopic (exact) mass is 353 g/mol. The number of benzene rings is 2. The molecule has 0 aliphatic carbocycles. The fourth-order valence-corrected chi connectivity index (χ4v) is 3.71. The largest absolute Gasteiger partial charge is 0.486 e. The van der Waals surface area contributed by atoms with Gasteiger partial charge in [-0.25, -0.2) is 0 Å². The summed E-state index contributed by atoms with van der Waals surface area (Å²) in [7, 11) is 0. The lowest BCUT2D eigenvalue weighted by atomic mass is 10.1. The Morgan fingerprint density at radius 2 is 1.88 bits per heavy atom. The molecule has 0 fully saturated rings. The van der Waals surface area contributed by atoms with Gasteiger partial charge in [-0.15, -0.1) is 10.2 Å². The van der Waals surface area contributed by atoms with Crippen molar-refractivity contribution in [3.63, 3.8) is 0 Å². The Bertz CT molecular complexity index is 844. The Hall–Kier alpha value is -2.27. The van der Waals surface area contributed by atoms with Crippen molar-refractivity contribution in [3.8, 4) is 5.75 Å². The molecule has 0 bridgehead atoms. The molecule has 130 valence electrons. The Morgan fingerprint density at radius 3 is 2.64 bits per heavy atom. The number of nitrogens with zero attached hydrogens (tertiary/aromatic N) is 3. The number of thioether (sulfide) groups is 1. The molecule has 0 N–H and O–H groups in total. The summed E-state index contributed by atoms with van der Waals surface area (Å²) in [5.74, 6) is 2.61. The maximum atomic E-state index is 5.88. The van der Waals surface area contributed by atoms with E-state index in [2.05, 4.69) is 65.9 Å². The summed E-state index contributed by atoms with van der Waals surface area (Å²) in [6.07, 6.45) is 0. The first-order chi connectivity index (χ1) is 12.2. The molecule has 2 aromatic carbocycles. The Morgan fingerprint density at radius 1 is 1.04 bits per heavy atom. The summed E-state index contributed by atoms with van der Waals surface area (Å²) in [5, 5.41) is 9.62. The molecule has 0 radical (unpaired) electrons. The van der Waals surface area contributed by atoms with Crippen LogP contribution in [0.1, 0.15) is 29.4 Å². The molecule has 1 aromatic heterocycles. The molecule has 0 saturated heterocycles. The van der Waals surface area contributed by atoms with Gasteiger partial charge in [0.15, 0.2) is 11.0 Å². The zero-order valence-corrected chi connectivity index (χ0v) is 15.7. The van der Waals surface area contributed by atoms with E-state index < -0.39 is 0 Å². The quantitative estimate of drug-likeness (QED) is 0.573. The topological polar surface area (TPSA) is 39.9 Å². The van der Waals surface area contributed by atoms with Gasteiger partial charge < -0.3 is 9.30 Å². The standard InChI is InChI=1S/C20H23N3OS/c1-4-23-19(13-24-18-11-7-8-15(2)12-18)21-22-20(23)25-14-17-10-6-5-9-16(17)3/h5-12H,4,13-14H2,1-3H3. The second-order valence-corrected chi connectivity index (χ2v) is 6.91. The highest BCUT2D eigenvalue weighted by molar-refractivity contribution is 7.98. The maximum Gasteiger partial charge on any atom is 0.191 e. The van der Waals surface area contributed by atoms with E-state index in [1.54, 1.807) is 11.8 Å². The molecule has 0 atom stereocenters. The number of hydrogen-bond donors (Lipinski definition) is 0. The highest BCUT2D eigenvalue weighted by atomic mass is 32.2. The molecule has 25 heavy (non-hydrogen) atoms. The molecule has 0 saturated carbocycles. The molecule has 0 unspecified atom stereocenters. The minimum absolute atomic E-state index is 0.426. The van der Waals surface area contributed by atoms with Gasteiger partial charge >= 0.3 is 0 Å². The van der Waals surface area contributed by atoms with Gasteiger partial charge in [0.05, 0.1) is 0 Å². The molecule has 0 aliphatic rings. The minimum Gasteiger partial charge on any atom is -0.486 e. The number of aryl methyl sites for hydroxylation is 2. The summed E-state index contributed by atoms with van der Waals surface area (Å²) in [6.45, 7) is 7.56. The van der Waals surface area contributed by atoms with Crippen LogP contribution < -0.4 is 4.74 Å². The summed E-state index contributed by atoms with van der Waals surface area (Å²) < 4.78 is 8.00. The lowest BCUT2D eigenvalue weighted by molar-refractivity contribution is 0.288. The lowest BCUT2D eigenvalue weighted by Gasteiger charge is -2.10. The molecule has 0 amide bonds. The van der Waals surface area contributed by atoms with E-state index in [-0.39, 0.29) is 0 Å². The number of aromatic nitrogens is 3. The van der Waals surface area contributed by atoms with Crippen LogP contribution in [0.25, 0.3) is 0 Å². The molecule has 4 nitrogen and oxygen atoms in total. The predicted molar refractivity (Wildman–Crippen MR) is 102 cm³/mol. The molecular weight excluding hydrogens is 330 g/mol. The maximum absolute atomic E-state index is 5.88. The molecule has 3 rings (SSSR count). The van der Waals surface area contributed by atoms with Crippen molar-refractivity contribution in [2.75, 3.05) is 0 Å². The third-order valence-corrected chi connectivity index (χ3v) is 5.10. The fourth-order valence-electron chi connectivity index (χ4n) is 2.62. The summed E-state index contributed by atoms with van der Waals surface area (Å²) >= 11 is 1.72. The first-order valence-corrected chi connectivity index (χ1v) is 9.44. The normalized spacial score (nSPS) is 10.8. The van der Waals surface area contributed by atoms with Crippen molar-refractivity contribution in [1.82, 2.24) is 14.8 Å². The van der Waals surface area contributed by atoms with Crippen LogP contribution in [0.3, 0.4) is 0 Å². The van der Waals surface area contributed by atoms with Gasteiger partial charge in [-0.05, 0) is 49.6 Å². The molecular formula is C20H23N3OS. The van der Waals surface area contributed by atoms with E-state index in [0.717, 1.165) is 29.0 Å². The summed E-state index contributed by atoms with van der Waals surface area (Å²) in [6, 6.07) is 16.5. The lowest BCUT2D eigenvalue weighted by Crippen LogP contribution is -2.07. The summed E-state index contributed by atoms with van der Waals surface area (Å²) in [5.41, 5.74) is 3.82.